The Morgan fingerprint density at radius 3 is 2.47 bits per heavy atom. The van der Waals surface area contributed by atoms with E-state index in [0.717, 1.165) is 5.56 Å². The zero-order valence-corrected chi connectivity index (χ0v) is 8.49. The molecule has 0 aromatic heterocycles. The minimum atomic E-state index is -1.66. The molecule has 1 aromatic carbocycles. The zero-order valence-electron chi connectivity index (χ0n) is 7.74. The van der Waals surface area contributed by atoms with E-state index in [9.17, 15) is 4.79 Å². The first-order chi connectivity index (χ1) is 6.52. The minimum absolute atomic E-state index is 0. The first-order valence-electron chi connectivity index (χ1n) is 4.12. The summed E-state index contributed by atoms with van der Waals surface area (Å²) in [6.45, 7) is 1.49. The Bertz CT molecular complexity index is 314. The summed E-state index contributed by atoms with van der Waals surface area (Å²) in [4.78, 5) is 10.6. The number of rotatable bonds is 4. The van der Waals surface area contributed by atoms with Gasteiger partial charge in [-0.05, 0) is 12.5 Å². The van der Waals surface area contributed by atoms with E-state index in [1.165, 1.54) is 6.92 Å². The summed E-state index contributed by atoms with van der Waals surface area (Å²) < 4.78 is 5.04. The van der Waals surface area contributed by atoms with Gasteiger partial charge in [-0.25, -0.2) is 4.79 Å². The molecule has 15 heavy (non-hydrogen) atoms. The van der Waals surface area contributed by atoms with Gasteiger partial charge in [0.05, 0.1) is 6.61 Å². The first kappa shape index (κ1) is 15.6. The summed E-state index contributed by atoms with van der Waals surface area (Å²) in [5.74, 6) is -1.19. The molecule has 1 aromatic rings. The molecule has 0 aliphatic heterocycles. The van der Waals surface area contributed by atoms with Crippen molar-refractivity contribution in [2.24, 2.45) is 0 Å². The SMILES string of the molecule is CC(Cl)(OCc1ccccc1)C(=O)O.[KH]. The van der Waals surface area contributed by atoms with Crippen LogP contribution in [-0.4, -0.2) is 67.5 Å². The van der Waals surface area contributed by atoms with Crippen LogP contribution in [0.2, 0.25) is 0 Å². The second kappa shape index (κ2) is 7.01. The molecule has 1 atom stereocenters. The number of carboxylic acid groups (broad SMARTS) is 1. The van der Waals surface area contributed by atoms with E-state index >= 15 is 0 Å². The molecule has 0 radical (unpaired) electrons. The van der Waals surface area contributed by atoms with Crippen LogP contribution >= 0.6 is 11.6 Å². The van der Waals surface area contributed by atoms with E-state index in [-0.39, 0.29) is 58.0 Å². The number of hydrogen-bond acceptors (Lipinski definition) is 2. The van der Waals surface area contributed by atoms with Gasteiger partial charge in [0.2, 0.25) is 5.06 Å². The molecule has 0 saturated carbocycles. The Morgan fingerprint density at radius 1 is 1.47 bits per heavy atom. The van der Waals surface area contributed by atoms with Crippen LogP contribution in [0.3, 0.4) is 0 Å². The van der Waals surface area contributed by atoms with Gasteiger partial charge in [0.25, 0.3) is 0 Å². The van der Waals surface area contributed by atoms with Crippen LogP contribution in [0.4, 0.5) is 0 Å². The summed E-state index contributed by atoms with van der Waals surface area (Å²) in [6, 6.07) is 9.26. The molecule has 1 N–H and O–H groups in total. The number of benzene rings is 1. The number of halogens is 1. The molecule has 5 heteroatoms. The van der Waals surface area contributed by atoms with Crippen LogP contribution in [0.15, 0.2) is 30.3 Å². The molecular weight excluding hydrogens is 243 g/mol. The summed E-state index contributed by atoms with van der Waals surface area (Å²) in [5, 5.41) is 7.01. The molecule has 1 unspecified atom stereocenters. The van der Waals surface area contributed by atoms with E-state index < -0.39 is 11.0 Å². The second-order valence-corrected chi connectivity index (χ2v) is 3.72. The quantitative estimate of drug-likeness (QED) is 0.656. The van der Waals surface area contributed by atoms with Crippen molar-refractivity contribution in [2.75, 3.05) is 0 Å². The zero-order chi connectivity index (χ0) is 10.6. The Hall–Kier alpha value is 0.576. The van der Waals surface area contributed by atoms with Gasteiger partial charge in [0.1, 0.15) is 0 Å². The van der Waals surface area contributed by atoms with Crippen LogP contribution in [-0.2, 0) is 16.1 Å². The van der Waals surface area contributed by atoms with Gasteiger partial charge in [0, 0.05) is 0 Å². The maximum absolute atomic E-state index is 10.6. The monoisotopic (exact) mass is 254 g/mol. The summed E-state index contributed by atoms with van der Waals surface area (Å²) >= 11 is 5.60. The number of hydrogen-bond donors (Lipinski definition) is 1. The van der Waals surface area contributed by atoms with Crippen molar-refractivity contribution in [3.8, 4) is 0 Å². The topological polar surface area (TPSA) is 46.5 Å². The van der Waals surface area contributed by atoms with Crippen molar-refractivity contribution in [3.63, 3.8) is 0 Å². The first-order valence-corrected chi connectivity index (χ1v) is 4.50. The Kier molecular flexibility index (Phi) is 7.28. The van der Waals surface area contributed by atoms with E-state index in [1.54, 1.807) is 0 Å². The van der Waals surface area contributed by atoms with E-state index in [2.05, 4.69) is 0 Å². The van der Waals surface area contributed by atoms with Crippen LogP contribution in [0.5, 0.6) is 0 Å². The standard InChI is InChI=1S/C10H11ClO3.K.H/c1-10(11,9(12)13)14-7-8-5-3-2-4-6-8;;/h2-6H,7H2,1H3,(H,12,13);;. The van der Waals surface area contributed by atoms with Gasteiger partial charge in [-0.3, -0.25) is 0 Å². The van der Waals surface area contributed by atoms with Gasteiger partial charge in [-0.15, -0.1) is 0 Å². The van der Waals surface area contributed by atoms with Gasteiger partial charge in [-0.2, -0.15) is 0 Å². The number of ether oxygens (including phenoxy) is 1. The summed E-state index contributed by atoms with van der Waals surface area (Å²) in [5.41, 5.74) is 0.889. The van der Waals surface area contributed by atoms with E-state index in [0.29, 0.717) is 0 Å². The van der Waals surface area contributed by atoms with Crippen LogP contribution < -0.4 is 0 Å². The fourth-order valence-electron chi connectivity index (χ4n) is 0.855. The van der Waals surface area contributed by atoms with Crippen molar-refractivity contribution in [1.82, 2.24) is 0 Å². The Balaban J connectivity index is 0.00000196. The van der Waals surface area contributed by atoms with Gasteiger partial charge >= 0.3 is 57.4 Å². The van der Waals surface area contributed by atoms with Crippen LogP contribution in [0.25, 0.3) is 0 Å². The van der Waals surface area contributed by atoms with Crippen LogP contribution in [0, 0.1) is 0 Å². The summed E-state index contributed by atoms with van der Waals surface area (Å²) in [6.07, 6.45) is 0. The molecule has 0 aliphatic rings. The molecule has 0 fully saturated rings. The molecule has 0 saturated heterocycles. The Labute approximate surface area is 136 Å². The molecule has 78 valence electrons. The van der Waals surface area contributed by atoms with Crippen molar-refractivity contribution in [2.45, 2.75) is 18.6 Å². The molecule has 0 bridgehead atoms. The van der Waals surface area contributed by atoms with E-state index in [1.807, 2.05) is 30.3 Å². The molecule has 0 aliphatic carbocycles. The normalized spacial score (nSPS) is 13.7. The third-order valence-corrected chi connectivity index (χ3v) is 2.01. The molecule has 0 heterocycles. The maximum atomic E-state index is 10.6. The average Bonchev–Trinajstić information content (AvgIpc) is 2.16. The van der Waals surface area contributed by atoms with E-state index in [4.69, 9.17) is 21.4 Å². The second-order valence-electron chi connectivity index (χ2n) is 3.00. The van der Waals surface area contributed by atoms with Gasteiger partial charge in [0.15, 0.2) is 0 Å². The van der Waals surface area contributed by atoms with Gasteiger partial charge < -0.3 is 9.84 Å². The van der Waals surface area contributed by atoms with Crippen molar-refractivity contribution in [3.05, 3.63) is 35.9 Å². The molecule has 3 nitrogen and oxygen atoms in total. The third-order valence-electron chi connectivity index (χ3n) is 1.73. The predicted molar refractivity (Wildman–Crippen MR) is 60.3 cm³/mol. The van der Waals surface area contributed by atoms with Crippen molar-refractivity contribution < 1.29 is 14.6 Å². The number of aliphatic carboxylic acids is 1. The predicted octanol–water partition coefficient (Wildman–Crippen LogP) is 1.59. The Morgan fingerprint density at radius 2 is 2.00 bits per heavy atom. The van der Waals surface area contributed by atoms with Crippen molar-refractivity contribution in [1.29, 1.82) is 0 Å². The van der Waals surface area contributed by atoms with Gasteiger partial charge in [-0.1, -0.05) is 41.9 Å². The van der Waals surface area contributed by atoms with Crippen LogP contribution in [0.1, 0.15) is 12.5 Å². The number of alkyl halides is 1. The number of carboxylic acids is 1. The fourth-order valence-corrected chi connectivity index (χ4v) is 0.909. The fraction of sp³-hybridized carbons (Fsp3) is 0.300. The molecule has 0 spiro atoms. The number of carbonyl (C=O) groups is 1. The third kappa shape index (κ3) is 5.45. The molecule has 1 rings (SSSR count). The molecular formula is C10H12ClKO3. The molecule has 0 amide bonds. The average molecular weight is 255 g/mol. The summed E-state index contributed by atoms with van der Waals surface area (Å²) in [7, 11) is 0. The van der Waals surface area contributed by atoms with Crippen molar-refractivity contribution >= 4 is 69.0 Å².